The summed E-state index contributed by atoms with van der Waals surface area (Å²) in [5, 5.41) is 2.82. The van der Waals surface area contributed by atoms with Crippen LogP contribution in [0, 0.1) is 0 Å². The summed E-state index contributed by atoms with van der Waals surface area (Å²) in [6, 6.07) is 10.6. The van der Waals surface area contributed by atoms with E-state index in [1.807, 2.05) is 16.3 Å². The van der Waals surface area contributed by atoms with E-state index < -0.39 is 0 Å². The van der Waals surface area contributed by atoms with Gasteiger partial charge in [0.05, 0.1) is 5.01 Å². The minimum Gasteiger partial charge on any atom is -0.334 e. The van der Waals surface area contributed by atoms with Crippen LogP contribution in [0.2, 0.25) is 0 Å². The lowest BCUT2D eigenvalue weighted by Crippen LogP contribution is -2.42. The van der Waals surface area contributed by atoms with Crippen molar-refractivity contribution in [1.82, 2.24) is 9.88 Å². The molecule has 2 rings (SSSR count). The van der Waals surface area contributed by atoms with Gasteiger partial charge in [-0.2, -0.15) is 0 Å². The van der Waals surface area contributed by atoms with Crippen LogP contribution in [0.1, 0.15) is 54.2 Å². The largest absolute Gasteiger partial charge is 0.334 e. The Kier molecular flexibility index (Phi) is 8.09. The highest BCUT2D eigenvalue weighted by molar-refractivity contribution is 7.09. The molecule has 0 saturated carbocycles. The lowest BCUT2D eigenvalue weighted by atomic mass is 10.00. The van der Waals surface area contributed by atoms with Crippen molar-refractivity contribution in [1.29, 1.82) is 0 Å². The summed E-state index contributed by atoms with van der Waals surface area (Å²) in [5.74, 6) is 0.0516. The zero-order valence-electron chi connectivity index (χ0n) is 15.3. The molecule has 0 saturated heterocycles. The molecule has 4 nitrogen and oxygen atoms in total. The number of amides is 1. The first kappa shape index (κ1) is 19.6. The molecule has 2 aromatic rings. The number of nitrogens with two attached hydrogens (primary N) is 1. The minimum absolute atomic E-state index is 0.0516. The smallest absolute Gasteiger partial charge is 0.273 e. The molecule has 0 radical (unpaired) electrons. The molecule has 0 fully saturated rings. The highest BCUT2D eigenvalue weighted by atomic mass is 32.1. The van der Waals surface area contributed by atoms with Crippen LogP contribution < -0.4 is 5.73 Å². The van der Waals surface area contributed by atoms with Gasteiger partial charge in [0.25, 0.3) is 5.91 Å². The Morgan fingerprint density at radius 3 is 2.64 bits per heavy atom. The molecule has 5 heteroatoms. The Balaban J connectivity index is 2.20. The molecule has 1 aromatic heterocycles. The van der Waals surface area contributed by atoms with Gasteiger partial charge in [-0.3, -0.25) is 4.79 Å². The predicted octanol–water partition coefficient (Wildman–Crippen LogP) is 3.91. The van der Waals surface area contributed by atoms with E-state index in [0.717, 1.165) is 43.7 Å². The summed E-state index contributed by atoms with van der Waals surface area (Å²) in [6.07, 6.45) is 4.62. The van der Waals surface area contributed by atoms with Crippen molar-refractivity contribution in [3.63, 3.8) is 0 Å². The Hall–Kier alpha value is -1.72. The third kappa shape index (κ3) is 5.65. The van der Waals surface area contributed by atoms with Crippen molar-refractivity contribution < 1.29 is 4.79 Å². The third-order valence-corrected chi connectivity index (χ3v) is 5.14. The molecular formula is C20H29N3OS. The molecule has 1 heterocycles. The van der Waals surface area contributed by atoms with Crippen molar-refractivity contribution in [3.8, 4) is 0 Å². The fraction of sp³-hybridized carbons (Fsp3) is 0.500. The van der Waals surface area contributed by atoms with Gasteiger partial charge in [0.1, 0.15) is 5.69 Å². The van der Waals surface area contributed by atoms with Crippen molar-refractivity contribution in [3.05, 3.63) is 52.0 Å². The van der Waals surface area contributed by atoms with Gasteiger partial charge >= 0.3 is 0 Å². The van der Waals surface area contributed by atoms with Crippen molar-refractivity contribution in [2.75, 3.05) is 13.1 Å². The predicted molar refractivity (Wildman–Crippen MR) is 105 cm³/mol. The number of carbonyl (C=O) groups is 1. The fourth-order valence-corrected chi connectivity index (χ4v) is 3.86. The van der Waals surface area contributed by atoms with Crippen LogP contribution in [0.4, 0.5) is 0 Å². The fourth-order valence-electron chi connectivity index (χ4n) is 3.07. The molecule has 0 aliphatic rings. The molecule has 0 aliphatic heterocycles. The maximum Gasteiger partial charge on any atom is 0.273 e. The number of thiazole rings is 1. The average Bonchev–Trinajstić information content (AvgIpc) is 3.09. The molecule has 25 heavy (non-hydrogen) atoms. The second-order valence-electron chi connectivity index (χ2n) is 6.30. The lowest BCUT2D eigenvalue weighted by molar-refractivity contribution is 0.0661. The van der Waals surface area contributed by atoms with Gasteiger partial charge in [-0.15, -0.1) is 11.3 Å². The maximum absolute atomic E-state index is 13.1. The minimum atomic E-state index is 0.0516. The van der Waals surface area contributed by atoms with Gasteiger partial charge in [-0.1, -0.05) is 50.6 Å². The number of hydrogen-bond acceptors (Lipinski definition) is 4. The van der Waals surface area contributed by atoms with E-state index in [-0.39, 0.29) is 11.9 Å². The molecule has 0 spiro atoms. The van der Waals surface area contributed by atoms with Gasteiger partial charge in [-0.05, 0) is 31.4 Å². The van der Waals surface area contributed by atoms with E-state index in [4.69, 9.17) is 5.73 Å². The van der Waals surface area contributed by atoms with Gasteiger partial charge < -0.3 is 10.6 Å². The first-order valence-corrected chi connectivity index (χ1v) is 10.1. The second-order valence-corrected chi connectivity index (χ2v) is 7.24. The topological polar surface area (TPSA) is 59.2 Å². The monoisotopic (exact) mass is 359 g/mol. The maximum atomic E-state index is 13.1. The Bertz CT molecular complexity index is 641. The van der Waals surface area contributed by atoms with Crippen LogP contribution >= 0.6 is 11.3 Å². The molecule has 0 aliphatic carbocycles. The Labute approximate surface area is 155 Å². The number of nitrogens with zero attached hydrogens (tertiary/aromatic N) is 2. The number of aromatic nitrogens is 1. The van der Waals surface area contributed by atoms with Crippen molar-refractivity contribution >= 4 is 17.2 Å². The highest BCUT2D eigenvalue weighted by Gasteiger charge is 2.25. The number of benzene rings is 1. The van der Waals surface area contributed by atoms with Crippen LogP contribution in [0.15, 0.2) is 35.7 Å². The van der Waals surface area contributed by atoms with Crippen molar-refractivity contribution in [2.45, 2.75) is 52.0 Å². The van der Waals surface area contributed by atoms with E-state index in [0.29, 0.717) is 12.2 Å². The summed E-state index contributed by atoms with van der Waals surface area (Å²) in [5.41, 5.74) is 7.44. The van der Waals surface area contributed by atoms with Crippen LogP contribution in [-0.2, 0) is 12.8 Å². The van der Waals surface area contributed by atoms with Crippen molar-refractivity contribution in [2.24, 2.45) is 5.73 Å². The van der Waals surface area contributed by atoms with E-state index >= 15 is 0 Å². The zero-order valence-corrected chi connectivity index (χ0v) is 16.1. The molecule has 1 amide bonds. The SMILES string of the molecule is CCCC(Cc1ccccc1)N(CCC)C(=O)c1csc(CCN)n1. The van der Waals surface area contributed by atoms with Crippen LogP contribution in [0.25, 0.3) is 0 Å². The van der Waals surface area contributed by atoms with E-state index in [1.54, 1.807) is 0 Å². The first-order chi connectivity index (χ1) is 12.2. The zero-order chi connectivity index (χ0) is 18.1. The van der Waals surface area contributed by atoms with E-state index in [9.17, 15) is 4.79 Å². The summed E-state index contributed by atoms with van der Waals surface area (Å²) in [7, 11) is 0. The van der Waals surface area contributed by atoms with E-state index in [1.165, 1.54) is 16.9 Å². The molecule has 2 N–H and O–H groups in total. The van der Waals surface area contributed by atoms with Crippen LogP contribution in [0.3, 0.4) is 0 Å². The average molecular weight is 360 g/mol. The van der Waals surface area contributed by atoms with E-state index in [2.05, 4.69) is 43.1 Å². The summed E-state index contributed by atoms with van der Waals surface area (Å²) < 4.78 is 0. The van der Waals surface area contributed by atoms with Gasteiger partial charge in [0.15, 0.2) is 0 Å². The summed E-state index contributed by atoms with van der Waals surface area (Å²) in [4.78, 5) is 19.6. The molecular weight excluding hydrogens is 330 g/mol. The molecule has 1 aromatic carbocycles. The summed E-state index contributed by atoms with van der Waals surface area (Å²) >= 11 is 1.53. The van der Waals surface area contributed by atoms with Crippen LogP contribution in [-0.4, -0.2) is 34.9 Å². The van der Waals surface area contributed by atoms with Gasteiger partial charge in [0, 0.05) is 24.4 Å². The quantitative estimate of drug-likeness (QED) is 0.700. The molecule has 136 valence electrons. The first-order valence-electron chi connectivity index (χ1n) is 9.18. The van der Waals surface area contributed by atoms with Gasteiger partial charge in [0.2, 0.25) is 0 Å². The molecule has 1 atom stereocenters. The number of carbonyl (C=O) groups excluding carboxylic acids is 1. The third-order valence-electron chi connectivity index (χ3n) is 4.23. The van der Waals surface area contributed by atoms with Gasteiger partial charge in [-0.25, -0.2) is 4.98 Å². The molecule has 1 unspecified atom stereocenters. The second kappa shape index (κ2) is 10.3. The highest BCUT2D eigenvalue weighted by Crippen LogP contribution is 2.19. The number of rotatable bonds is 10. The lowest BCUT2D eigenvalue weighted by Gasteiger charge is -2.31. The normalized spacial score (nSPS) is 12.1. The van der Waals surface area contributed by atoms with Crippen LogP contribution in [0.5, 0.6) is 0 Å². The Morgan fingerprint density at radius 1 is 1.24 bits per heavy atom. The summed E-state index contributed by atoms with van der Waals surface area (Å²) in [6.45, 7) is 5.62. The Morgan fingerprint density at radius 2 is 2.00 bits per heavy atom. The number of hydrogen-bond donors (Lipinski definition) is 1. The molecule has 0 bridgehead atoms. The standard InChI is InChI=1S/C20H29N3OS/c1-3-8-17(14-16-9-6-5-7-10-16)23(13-4-2)20(24)18-15-25-19(22-18)11-12-21/h5-7,9-10,15,17H,3-4,8,11-14,21H2,1-2H3.